The van der Waals surface area contributed by atoms with Crippen molar-refractivity contribution in [3.63, 3.8) is 0 Å². The zero-order valence-corrected chi connectivity index (χ0v) is 25.6. The SMILES string of the molecule is C[C@]1(c2ccc(Cl)cn2)Oc2cccc(C3CCN(Cc4nc5cc(C(=O)O)c6c(c5n4C[C@@H]4CCO4)OCCO6)CC3)c2O1. The maximum absolute atomic E-state index is 12.1. The average molecular weight is 633 g/mol. The number of carbonyl (C=O) groups is 1. The topological polar surface area (TPSA) is 117 Å². The predicted molar refractivity (Wildman–Crippen MR) is 164 cm³/mol. The lowest BCUT2D eigenvalue weighted by Crippen LogP contribution is -2.35. The molecule has 0 saturated carbocycles. The van der Waals surface area contributed by atoms with Crippen LogP contribution in [0.15, 0.2) is 42.6 Å². The summed E-state index contributed by atoms with van der Waals surface area (Å²) in [4.78, 5) is 23.9. The Hall–Kier alpha value is -4.06. The van der Waals surface area contributed by atoms with Crippen molar-refractivity contribution in [2.24, 2.45) is 0 Å². The molecule has 0 radical (unpaired) electrons. The van der Waals surface area contributed by atoms with Crippen LogP contribution < -0.4 is 18.9 Å². The number of likely N-dealkylation sites (tertiary alicyclic amines) is 1. The molecule has 11 nitrogen and oxygen atoms in total. The molecule has 2 aromatic heterocycles. The molecule has 12 heteroatoms. The summed E-state index contributed by atoms with van der Waals surface area (Å²) in [5, 5.41) is 10.4. The van der Waals surface area contributed by atoms with Gasteiger partial charge in [-0.3, -0.25) is 9.88 Å². The van der Waals surface area contributed by atoms with Gasteiger partial charge in [-0.05, 0) is 62.5 Å². The Balaban J connectivity index is 1.03. The first-order chi connectivity index (χ1) is 21.9. The molecule has 0 aliphatic carbocycles. The van der Waals surface area contributed by atoms with Crippen LogP contribution in [0.4, 0.5) is 0 Å². The number of aromatic nitrogens is 3. The number of carboxylic acids is 1. The summed E-state index contributed by atoms with van der Waals surface area (Å²) in [6, 6.07) is 11.3. The van der Waals surface area contributed by atoms with E-state index in [1.54, 1.807) is 18.3 Å². The molecule has 4 aliphatic rings. The average Bonchev–Trinajstić information content (AvgIpc) is 3.56. The number of fused-ring (bicyclic) bond motifs is 4. The highest BCUT2D eigenvalue weighted by Gasteiger charge is 2.42. The number of piperidine rings is 1. The number of hydrogen-bond acceptors (Lipinski definition) is 9. The maximum Gasteiger partial charge on any atom is 0.339 e. The zero-order chi connectivity index (χ0) is 30.7. The van der Waals surface area contributed by atoms with Crippen LogP contribution in [0.5, 0.6) is 23.0 Å². The first kappa shape index (κ1) is 28.4. The molecule has 2 atom stereocenters. The van der Waals surface area contributed by atoms with Crippen molar-refractivity contribution >= 4 is 28.6 Å². The summed E-state index contributed by atoms with van der Waals surface area (Å²) in [7, 11) is 0. The van der Waals surface area contributed by atoms with Gasteiger partial charge in [-0.2, -0.15) is 0 Å². The van der Waals surface area contributed by atoms with Crippen LogP contribution in [0, 0.1) is 0 Å². The number of carboxylic acid groups (broad SMARTS) is 1. The van der Waals surface area contributed by atoms with Crippen molar-refractivity contribution in [2.75, 3.05) is 32.9 Å². The van der Waals surface area contributed by atoms with Gasteiger partial charge in [0.15, 0.2) is 23.0 Å². The lowest BCUT2D eigenvalue weighted by atomic mass is 9.88. The van der Waals surface area contributed by atoms with E-state index < -0.39 is 11.8 Å². The number of aromatic carboxylic acids is 1. The number of nitrogens with zero attached hydrogens (tertiary/aromatic N) is 4. The van der Waals surface area contributed by atoms with Crippen LogP contribution in [0.3, 0.4) is 0 Å². The Kier molecular flexibility index (Phi) is 7.00. The summed E-state index contributed by atoms with van der Waals surface area (Å²) in [6.07, 6.45) is 4.54. The molecular formula is C33H33ClN4O7. The van der Waals surface area contributed by atoms with Gasteiger partial charge in [0.1, 0.15) is 35.8 Å². The third-order valence-corrected chi connectivity index (χ3v) is 9.43. The Morgan fingerprint density at radius 3 is 2.56 bits per heavy atom. The summed E-state index contributed by atoms with van der Waals surface area (Å²) in [5.41, 5.74) is 3.23. The standard InChI is InChI=1S/C33H33ClN4O7/c1-33(26-6-5-20(34)16-35-26)44-25-4-2-3-22(29(25)45-33)19-7-10-37(11-8-19)18-27-36-24-15-23(32(39)40)30-31(43-14-13-42-30)28(24)38(27)17-21-9-12-41-21/h2-6,15-16,19,21H,7-14,17-18H2,1H3,(H,39,40)/t21-,33-/m0/s1. The van der Waals surface area contributed by atoms with Crippen molar-refractivity contribution in [1.29, 1.82) is 0 Å². The number of para-hydroxylation sites is 1. The van der Waals surface area contributed by atoms with Gasteiger partial charge < -0.3 is 33.4 Å². The minimum atomic E-state index is -1.06. The molecule has 8 rings (SSSR count). The predicted octanol–water partition coefficient (Wildman–Crippen LogP) is 5.37. The highest BCUT2D eigenvalue weighted by atomic mass is 35.5. The monoisotopic (exact) mass is 632 g/mol. The van der Waals surface area contributed by atoms with Gasteiger partial charge in [-0.25, -0.2) is 9.78 Å². The summed E-state index contributed by atoms with van der Waals surface area (Å²) in [5.74, 6) is 1.30. The molecule has 45 heavy (non-hydrogen) atoms. The Morgan fingerprint density at radius 1 is 1.04 bits per heavy atom. The Bertz CT molecular complexity index is 1780. The quantitative estimate of drug-likeness (QED) is 0.285. The minimum Gasteiger partial charge on any atom is -0.485 e. The van der Waals surface area contributed by atoms with Gasteiger partial charge in [0.05, 0.1) is 29.7 Å². The van der Waals surface area contributed by atoms with E-state index in [9.17, 15) is 9.90 Å². The van der Waals surface area contributed by atoms with E-state index in [-0.39, 0.29) is 17.4 Å². The van der Waals surface area contributed by atoms with Crippen LogP contribution in [-0.2, 0) is 23.6 Å². The van der Waals surface area contributed by atoms with E-state index in [4.69, 9.17) is 40.3 Å². The number of halogens is 1. The van der Waals surface area contributed by atoms with Gasteiger partial charge >= 0.3 is 5.97 Å². The number of ether oxygens (including phenoxy) is 5. The molecule has 2 fully saturated rings. The van der Waals surface area contributed by atoms with Gasteiger partial charge in [0.25, 0.3) is 5.79 Å². The highest BCUT2D eigenvalue weighted by Crippen LogP contribution is 2.49. The molecule has 1 N–H and O–H groups in total. The molecule has 0 amide bonds. The fraction of sp³-hybridized carbons (Fsp3) is 0.424. The second-order valence-electron chi connectivity index (χ2n) is 12.1. The van der Waals surface area contributed by atoms with Crippen LogP contribution in [0.2, 0.25) is 5.02 Å². The molecule has 2 aromatic carbocycles. The third-order valence-electron chi connectivity index (χ3n) is 9.20. The van der Waals surface area contributed by atoms with Gasteiger partial charge in [-0.1, -0.05) is 23.7 Å². The molecule has 0 bridgehead atoms. The number of hydrogen-bond donors (Lipinski definition) is 1. The summed E-state index contributed by atoms with van der Waals surface area (Å²) in [6.45, 7) is 6.27. The number of pyridine rings is 1. The number of imidazole rings is 1. The van der Waals surface area contributed by atoms with Crippen molar-refractivity contribution in [2.45, 2.75) is 57.1 Å². The Morgan fingerprint density at radius 2 is 1.84 bits per heavy atom. The third kappa shape index (κ3) is 5.03. The normalized spacial score (nSPS) is 22.8. The van der Waals surface area contributed by atoms with E-state index in [1.165, 1.54) is 0 Å². The Labute approximate surface area is 264 Å². The zero-order valence-electron chi connectivity index (χ0n) is 24.8. The lowest BCUT2D eigenvalue weighted by Gasteiger charge is -2.33. The van der Waals surface area contributed by atoms with Crippen LogP contribution in [0.1, 0.15) is 59.5 Å². The van der Waals surface area contributed by atoms with Gasteiger partial charge in [-0.15, -0.1) is 0 Å². The summed E-state index contributed by atoms with van der Waals surface area (Å²) < 4.78 is 32.5. The van der Waals surface area contributed by atoms with Crippen molar-refractivity contribution in [3.8, 4) is 23.0 Å². The maximum atomic E-state index is 12.1. The summed E-state index contributed by atoms with van der Waals surface area (Å²) >= 11 is 6.06. The molecule has 6 heterocycles. The second kappa shape index (κ2) is 11.1. The van der Waals surface area contributed by atoms with E-state index in [0.717, 1.165) is 67.4 Å². The first-order valence-corrected chi connectivity index (χ1v) is 15.8. The second-order valence-corrected chi connectivity index (χ2v) is 12.5. The van der Waals surface area contributed by atoms with E-state index in [0.29, 0.717) is 54.2 Å². The van der Waals surface area contributed by atoms with E-state index >= 15 is 0 Å². The minimum absolute atomic E-state index is 0.0682. The lowest BCUT2D eigenvalue weighted by molar-refractivity contribution is -0.0722. The molecule has 4 aromatic rings. The van der Waals surface area contributed by atoms with Crippen LogP contribution >= 0.6 is 11.6 Å². The van der Waals surface area contributed by atoms with Crippen molar-refractivity contribution in [3.05, 3.63) is 70.3 Å². The fourth-order valence-electron chi connectivity index (χ4n) is 6.78. The van der Waals surface area contributed by atoms with Gasteiger partial charge in [0, 0.05) is 25.3 Å². The molecule has 0 spiro atoms. The molecular weight excluding hydrogens is 600 g/mol. The van der Waals surface area contributed by atoms with Crippen molar-refractivity contribution in [1.82, 2.24) is 19.4 Å². The van der Waals surface area contributed by atoms with E-state index in [2.05, 4.69) is 20.5 Å². The number of benzene rings is 2. The van der Waals surface area contributed by atoms with Gasteiger partial charge in [0.2, 0.25) is 0 Å². The number of rotatable bonds is 7. The molecule has 2 saturated heterocycles. The van der Waals surface area contributed by atoms with Crippen molar-refractivity contribution < 1.29 is 33.6 Å². The molecule has 4 aliphatic heterocycles. The smallest absolute Gasteiger partial charge is 0.339 e. The largest absolute Gasteiger partial charge is 0.485 e. The highest BCUT2D eigenvalue weighted by molar-refractivity contribution is 6.30. The molecule has 234 valence electrons. The van der Waals surface area contributed by atoms with E-state index in [1.807, 2.05) is 25.1 Å². The van der Waals surface area contributed by atoms with Crippen LogP contribution in [-0.4, -0.2) is 69.5 Å². The fourth-order valence-corrected chi connectivity index (χ4v) is 6.90. The molecule has 0 unspecified atom stereocenters. The first-order valence-electron chi connectivity index (χ1n) is 15.4. The van der Waals surface area contributed by atoms with Crippen LogP contribution in [0.25, 0.3) is 11.0 Å².